The molecule has 1 aliphatic heterocycles. The van der Waals surface area contributed by atoms with Gasteiger partial charge in [0.1, 0.15) is 0 Å². The first-order valence-corrected chi connectivity index (χ1v) is 14.5. The second-order valence-corrected chi connectivity index (χ2v) is 11.3. The second-order valence-electron chi connectivity index (χ2n) is 11.3. The van der Waals surface area contributed by atoms with Gasteiger partial charge in [-0.25, -0.2) is 9.97 Å². The normalized spacial score (nSPS) is 22.2. The zero-order chi connectivity index (χ0) is 28.2. The second kappa shape index (κ2) is 12.2. The Labute approximate surface area is 236 Å². The number of nitrogens with one attached hydrogen (secondary N) is 2. The molecule has 1 aromatic heterocycles. The molecule has 5 rings (SSSR count). The molecule has 1 amide bonds. The van der Waals surface area contributed by atoms with Gasteiger partial charge in [0.05, 0.1) is 17.9 Å². The van der Waals surface area contributed by atoms with Crippen molar-refractivity contribution in [3.05, 3.63) is 83.4 Å². The Bertz CT molecular complexity index is 1320. The average molecular weight is 541 g/mol. The van der Waals surface area contributed by atoms with Crippen molar-refractivity contribution in [1.29, 1.82) is 5.41 Å². The van der Waals surface area contributed by atoms with E-state index >= 15 is 0 Å². The maximum atomic E-state index is 13.4. The van der Waals surface area contributed by atoms with Crippen molar-refractivity contribution in [3.63, 3.8) is 0 Å². The van der Waals surface area contributed by atoms with Gasteiger partial charge >= 0.3 is 0 Å². The Balaban J connectivity index is 1.35. The highest BCUT2D eigenvalue weighted by atomic mass is 16.3. The van der Waals surface area contributed by atoms with E-state index < -0.39 is 0 Å². The Hall–Kier alpha value is -3.78. The molecule has 2 aliphatic rings. The van der Waals surface area contributed by atoms with E-state index in [0.29, 0.717) is 28.6 Å². The molecule has 0 radical (unpaired) electrons. The molecule has 8 nitrogen and oxygen atoms in total. The standard InChI is InChI=1S/C32H40N6O2/c1-3-24-19-26(39)17-20(2)38(24)25-12-9-21(10-13-25)29(34)27-18-23(11-14-28(27)33)32(40)37-30(22-7-4-5-8-22)31-35-15-6-16-36-31/h6,9-16,18,20,22,24,26,30,34,39H,3-5,7-8,17,19,33H2,1-2H3,(H,37,40). The number of nitrogens with zero attached hydrogens (tertiary/aromatic N) is 3. The summed E-state index contributed by atoms with van der Waals surface area (Å²) in [7, 11) is 0. The molecule has 1 saturated heterocycles. The van der Waals surface area contributed by atoms with Crippen molar-refractivity contribution in [1.82, 2.24) is 15.3 Å². The summed E-state index contributed by atoms with van der Waals surface area (Å²) in [6.45, 7) is 4.31. The lowest BCUT2D eigenvalue weighted by molar-refractivity contribution is 0.0918. The van der Waals surface area contributed by atoms with Gasteiger partial charge in [-0.3, -0.25) is 10.2 Å². The molecule has 2 fully saturated rings. The summed E-state index contributed by atoms with van der Waals surface area (Å²) in [6.07, 6.45) is 9.99. The molecular formula is C32H40N6O2. The van der Waals surface area contributed by atoms with Crippen LogP contribution in [0.15, 0.2) is 60.9 Å². The number of carbonyl (C=O) groups is 1. The molecule has 1 saturated carbocycles. The van der Waals surface area contributed by atoms with Crippen LogP contribution in [0.4, 0.5) is 11.4 Å². The topological polar surface area (TPSA) is 128 Å². The van der Waals surface area contributed by atoms with Gasteiger partial charge in [-0.05, 0) is 81.3 Å². The molecule has 0 spiro atoms. The molecule has 2 aromatic carbocycles. The number of anilines is 2. The SMILES string of the molecule is CCC1CC(O)CC(C)N1c1ccc(C(=N)c2cc(C(=O)NC(c3ncccn3)C3CCCC3)ccc2N)cc1. The van der Waals surface area contributed by atoms with Gasteiger partial charge in [-0.1, -0.05) is 31.9 Å². The predicted octanol–water partition coefficient (Wildman–Crippen LogP) is 5.26. The van der Waals surface area contributed by atoms with Crippen molar-refractivity contribution in [2.45, 2.75) is 83.0 Å². The summed E-state index contributed by atoms with van der Waals surface area (Å²) < 4.78 is 0. The van der Waals surface area contributed by atoms with Gasteiger partial charge < -0.3 is 21.1 Å². The van der Waals surface area contributed by atoms with Gasteiger partial charge in [0.15, 0.2) is 5.82 Å². The number of piperidine rings is 1. The minimum Gasteiger partial charge on any atom is -0.398 e. The minimum atomic E-state index is -0.259. The monoisotopic (exact) mass is 540 g/mol. The van der Waals surface area contributed by atoms with Crippen molar-refractivity contribution in [3.8, 4) is 0 Å². The summed E-state index contributed by atoms with van der Waals surface area (Å²) in [5.41, 5.74) is 9.83. The summed E-state index contributed by atoms with van der Waals surface area (Å²) in [6, 6.07) is 15.1. The number of aliphatic hydroxyl groups excluding tert-OH is 1. The lowest BCUT2D eigenvalue weighted by Crippen LogP contribution is -2.49. The van der Waals surface area contributed by atoms with Crippen molar-refractivity contribution in [2.75, 3.05) is 10.6 Å². The molecule has 0 bridgehead atoms. The third kappa shape index (κ3) is 5.87. The third-order valence-corrected chi connectivity index (χ3v) is 8.56. The van der Waals surface area contributed by atoms with E-state index in [1.807, 2.05) is 24.3 Å². The van der Waals surface area contributed by atoms with Gasteiger partial charge in [0.25, 0.3) is 5.91 Å². The Morgan fingerprint density at radius 3 is 2.45 bits per heavy atom. The van der Waals surface area contributed by atoms with Crippen LogP contribution in [0.3, 0.4) is 0 Å². The van der Waals surface area contributed by atoms with E-state index in [1.54, 1.807) is 36.7 Å². The van der Waals surface area contributed by atoms with E-state index in [1.165, 1.54) is 0 Å². The van der Waals surface area contributed by atoms with E-state index in [4.69, 9.17) is 11.1 Å². The highest BCUT2D eigenvalue weighted by Crippen LogP contribution is 2.35. The van der Waals surface area contributed by atoms with Crippen molar-refractivity contribution < 1.29 is 9.90 Å². The lowest BCUT2D eigenvalue weighted by Gasteiger charge is -2.44. The number of aliphatic hydroxyl groups is 1. The number of benzene rings is 2. The van der Waals surface area contributed by atoms with E-state index in [2.05, 4.69) is 34.0 Å². The minimum absolute atomic E-state index is 0.222. The molecule has 5 N–H and O–H groups in total. The quantitative estimate of drug-likeness (QED) is 0.228. The zero-order valence-corrected chi connectivity index (χ0v) is 23.4. The molecule has 210 valence electrons. The number of nitrogen functional groups attached to an aromatic ring is 1. The largest absolute Gasteiger partial charge is 0.398 e. The van der Waals surface area contributed by atoms with Gasteiger partial charge in [0, 0.05) is 52.5 Å². The van der Waals surface area contributed by atoms with Crippen LogP contribution in [0.25, 0.3) is 0 Å². The van der Waals surface area contributed by atoms with E-state index in [9.17, 15) is 9.90 Å². The number of amides is 1. The molecule has 4 unspecified atom stereocenters. The van der Waals surface area contributed by atoms with E-state index in [-0.39, 0.29) is 35.8 Å². The van der Waals surface area contributed by atoms with Crippen molar-refractivity contribution in [2.24, 2.45) is 5.92 Å². The van der Waals surface area contributed by atoms with Crippen LogP contribution in [0.1, 0.15) is 92.1 Å². The van der Waals surface area contributed by atoms with Crippen LogP contribution < -0.4 is 16.0 Å². The highest BCUT2D eigenvalue weighted by molar-refractivity contribution is 6.15. The fourth-order valence-corrected chi connectivity index (χ4v) is 6.47. The number of hydrogen-bond donors (Lipinski definition) is 4. The smallest absolute Gasteiger partial charge is 0.251 e. The Morgan fingerprint density at radius 2 is 1.77 bits per heavy atom. The zero-order valence-electron chi connectivity index (χ0n) is 23.4. The van der Waals surface area contributed by atoms with Crippen LogP contribution in [0.2, 0.25) is 0 Å². The number of carbonyl (C=O) groups excluding carboxylic acids is 1. The fourth-order valence-electron chi connectivity index (χ4n) is 6.47. The molecule has 2 heterocycles. The number of aromatic nitrogens is 2. The van der Waals surface area contributed by atoms with Gasteiger partial charge in [0.2, 0.25) is 0 Å². The van der Waals surface area contributed by atoms with Crippen LogP contribution >= 0.6 is 0 Å². The Morgan fingerprint density at radius 1 is 1.10 bits per heavy atom. The highest BCUT2D eigenvalue weighted by Gasteiger charge is 2.32. The maximum Gasteiger partial charge on any atom is 0.251 e. The molecule has 3 aromatic rings. The first-order chi connectivity index (χ1) is 19.4. The summed E-state index contributed by atoms with van der Waals surface area (Å²) in [5.74, 6) is 0.712. The first-order valence-electron chi connectivity index (χ1n) is 14.5. The number of rotatable bonds is 8. The van der Waals surface area contributed by atoms with Gasteiger partial charge in [-0.2, -0.15) is 0 Å². The molecule has 4 atom stereocenters. The van der Waals surface area contributed by atoms with Crippen LogP contribution in [0, 0.1) is 11.3 Å². The summed E-state index contributed by atoms with van der Waals surface area (Å²) in [5, 5.41) is 22.4. The summed E-state index contributed by atoms with van der Waals surface area (Å²) in [4.78, 5) is 24.7. The fraction of sp³-hybridized carbons (Fsp3) is 0.438. The number of hydrogen-bond acceptors (Lipinski definition) is 7. The molecule has 1 aliphatic carbocycles. The van der Waals surface area contributed by atoms with Crippen LogP contribution in [-0.2, 0) is 0 Å². The Kier molecular flexibility index (Phi) is 8.45. The van der Waals surface area contributed by atoms with Crippen LogP contribution in [0.5, 0.6) is 0 Å². The third-order valence-electron chi connectivity index (χ3n) is 8.56. The van der Waals surface area contributed by atoms with Crippen LogP contribution in [-0.4, -0.2) is 44.9 Å². The van der Waals surface area contributed by atoms with Crippen molar-refractivity contribution >= 4 is 23.0 Å². The molecular weight excluding hydrogens is 500 g/mol. The van der Waals surface area contributed by atoms with E-state index in [0.717, 1.165) is 56.2 Å². The first kappa shape index (κ1) is 27.8. The average Bonchev–Trinajstić information content (AvgIpc) is 3.50. The van der Waals surface area contributed by atoms with Gasteiger partial charge in [-0.15, -0.1) is 0 Å². The summed E-state index contributed by atoms with van der Waals surface area (Å²) >= 11 is 0. The molecule has 40 heavy (non-hydrogen) atoms. The molecule has 8 heteroatoms. The predicted molar refractivity (Wildman–Crippen MR) is 159 cm³/mol. The maximum absolute atomic E-state index is 13.4. The number of nitrogens with two attached hydrogens (primary N) is 1. The lowest BCUT2D eigenvalue weighted by atomic mass is 9.91.